The highest BCUT2D eigenvalue weighted by atomic mass is 16.1. The molecule has 3 aromatic carbocycles. The van der Waals surface area contributed by atoms with Gasteiger partial charge in [0, 0.05) is 22.0 Å². The lowest BCUT2D eigenvalue weighted by molar-refractivity contribution is 0.112. The van der Waals surface area contributed by atoms with Crippen LogP contribution in [-0.4, -0.2) is 11.3 Å². The van der Waals surface area contributed by atoms with Crippen LogP contribution in [0.3, 0.4) is 0 Å². The molecule has 1 N–H and O–H groups in total. The largest absolute Gasteiger partial charge is 0.354 e. The molecule has 0 amide bonds. The lowest BCUT2D eigenvalue weighted by atomic mass is 9.99. The van der Waals surface area contributed by atoms with Crippen LogP contribution < -0.4 is 0 Å². The number of benzene rings is 3. The second-order valence-corrected chi connectivity index (χ2v) is 5.10. The van der Waals surface area contributed by atoms with Gasteiger partial charge in [-0.2, -0.15) is 0 Å². The Morgan fingerprint density at radius 3 is 2.33 bits per heavy atom. The van der Waals surface area contributed by atoms with Gasteiger partial charge in [0.2, 0.25) is 0 Å². The Hall–Kier alpha value is -2.87. The fourth-order valence-electron chi connectivity index (χ4n) is 2.94. The highest BCUT2D eigenvalue weighted by molar-refractivity contribution is 6.08. The number of hydrogen-bond acceptors (Lipinski definition) is 1. The Morgan fingerprint density at radius 2 is 1.48 bits per heavy atom. The van der Waals surface area contributed by atoms with Crippen molar-refractivity contribution >= 4 is 28.0 Å². The minimum absolute atomic E-state index is 0.724. The Kier molecular flexibility index (Phi) is 2.61. The quantitative estimate of drug-likeness (QED) is 0.522. The van der Waals surface area contributed by atoms with Gasteiger partial charge in [-0.25, -0.2) is 0 Å². The fraction of sp³-hybridized carbons (Fsp3) is 0. The van der Waals surface area contributed by atoms with E-state index >= 15 is 0 Å². The Bertz CT molecular complexity index is 960. The first kappa shape index (κ1) is 11.9. The lowest BCUT2D eigenvalue weighted by Crippen LogP contribution is -1.86. The maximum atomic E-state index is 11.6. The highest BCUT2D eigenvalue weighted by Gasteiger charge is 2.13. The molecule has 0 spiro atoms. The van der Waals surface area contributed by atoms with Crippen molar-refractivity contribution in [2.75, 3.05) is 0 Å². The van der Waals surface area contributed by atoms with Gasteiger partial charge in [-0.15, -0.1) is 0 Å². The van der Waals surface area contributed by atoms with Crippen LogP contribution in [0.5, 0.6) is 0 Å². The third kappa shape index (κ3) is 1.77. The van der Waals surface area contributed by atoms with Gasteiger partial charge in [0.05, 0.1) is 5.69 Å². The summed E-state index contributed by atoms with van der Waals surface area (Å²) in [5.41, 5.74) is 3.67. The van der Waals surface area contributed by atoms with Crippen molar-refractivity contribution in [1.29, 1.82) is 0 Å². The van der Waals surface area contributed by atoms with Crippen LogP contribution in [0.1, 0.15) is 10.4 Å². The molecular weight excluding hydrogens is 258 g/mol. The number of carbonyl (C=O) groups excluding carboxylic acids is 1. The molecule has 0 saturated heterocycles. The molecule has 1 heterocycles. The van der Waals surface area contributed by atoms with E-state index < -0.39 is 0 Å². The van der Waals surface area contributed by atoms with Crippen LogP contribution in [0.4, 0.5) is 0 Å². The molecule has 4 rings (SSSR count). The number of rotatable bonds is 2. The first-order valence-corrected chi connectivity index (χ1v) is 6.92. The van der Waals surface area contributed by atoms with E-state index in [4.69, 9.17) is 0 Å². The Labute approximate surface area is 122 Å². The van der Waals surface area contributed by atoms with Gasteiger partial charge < -0.3 is 4.98 Å². The van der Waals surface area contributed by atoms with Crippen LogP contribution in [0.2, 0.25) is 0 Å². The molecule has 21 heavy (non-hydrogen) atoms. The summed E-state index contributed by atoms with van der Waals surface area (Å²) in [6, 6.07) is 22.3. The van der Waals surface area contributed by atoms with Crippen molar-refractivity contribution in [3.63, 3.8) is 0 Å². The predicted octanol–water partition coefficient (Wildman–Crippen LogP) is 4.80. The molecular formula is C19H13NO. The topological polar surface area (TPSA) is 32.9 Å². The molecule has 0 radical (unpaired) electrons. The number of hydrogen-bond donors (Lipinski definition) is 1. The molecule has 0 aliphatic rings. The maximum Gasteiger partial charge on any atom is 0.152 e. The monoisotopic (exact) mass is 271 g/mol. The molecule has 0 aliphatic carbocycles. The molecule has 1 aromatic heterocycles. The Balaban J connectivity index is 2.11. The molecule has 0 saturated carbocycles. The zero-order valence-electron chi connectivity index (χ0n) is 11.3. The smallest absolute Gasteiger partial charge is 0.152 e. The van der Waals surface area contributed by atoms with E-state index in [1.54, 1.807) is 0 Å². The number of aromatic nitrogens is 1. The summed E-state index contributed by atoms with van der Waals surface area (Å²) < 4.78 is 0. The molecule has 2 heteroatoms. The first-order chi connectivity index (χ1) is 10.4. The number of para-hydroxylation sites is 1. The summed E-state index contributed by atoms with van der Waals surface area (Å²) >= 11 is 0. The second-order valence-electron chi connectivity index (χ2n) is 5.10. The number of carbonyl (C=O) groups is 1. The molecule has 0 atom stereocenters. The van der Waals surface area contributed by atoms with Crippen molar-refractivity contribution in [3.8, 4) is 11.3 Å². The molecule has 0 aliphatic heterocycles. The van der Waals surface area contributed by atoms with E-state index in [0.29, 0.717) is 0 Å². The standard InChI is InChI=1S/C19H13NO/c21-12-17-15-9-3-4-11-18(15)20-19(17)16-10-5-7-13-6-1-2-8-14(13)16/h1-12,20H. The highest BCUT2D eigenvalue weighted by Crippen LogP contribution is 2.33. The minimum atomic E-state index is 0.724. The summed E-state index contributed by atoms with van der Waals surface area (Å²) in [5, 5.41) is 3.29. The molecule has 0 unspecified atom stereocenters. The van der Waals surface area contributed by atoms with Crippen molar-refractivity contribution in [2.24, 2.45) is 0 Å². The second kappa shape index (κ2) is 4.60. The Morgan fingerprint density at radius 1 is 0.762 bits per heavy atom. The first-order valence-electron chi connectivity index (χ1n) is 6.92. The van der Waals surface area contributed by atoms with Crippen LogP contribution in [0, 0.1) is 0 Å². The number of fused-ring (bicyclic) bond motifs is 2. The van der Waals surface area contributed by atoms with Gasteiger partial charge in [0.1, 0.15) is 0 Å². The molecule has 100 valence electrons. The van der Waals surface area contributed by atoms with E-state index in [-0.39, 0.29) is 0 Å². The zero-order chi connectivity index (χ0) is 14.2. The van der Waals surface area contributed by atoms with Gasteiger partial charge in [-0.1, -0.05) is 60.7 Å². The molecule has 4 aromatic rings. The average molecular weight is 271 g/mol. The van der Waals surface area contributed by atoms with Crippen LogP contribution in [0.25, 0.3) is 32.9 Å². The molecule has 0 fully saturated rings. The number of nitrogens with one attached hydrogen (secondary N) is 1. The number of aromatic amines is 1. The minimum Gasteiger partial charge on any atom is -0.354 e. The predicted molar refractivity (Wildman–Crippen MR) is 86.6 cm³/mol. The number of H-pyrrole nitrogens is 1. The van der Waals surface area contributed by atoms with E-state index in [1.165, 1.54) is 5.39 Å². The van der Waals surface area contributed by atoms with E-state index in [1.807, 2.05) is 42.5 Å². The van der Waals surface area contributed by atoms with Crippen LogP contribution in [0.15, 0.2) is 66.7 Å². The zero-order valence-corrected chi connectivity index (χ0v) is 11.3. The van der Waals surface area contributed by atoms with Crippen molar-refractivity contribution in [2.45, 2.75) is 0 Å². The fourth-order valence-corrected chi connectivity index (χ4v) is 2.94. The van der Waals surface area contributed by atoms with Crippen molar-refractivity contribution in [3.05, 3.63) is 72.3 Å². The summed E-state index contributed by atoms with van der Waals surface area (Å²) in [6.07, 6.45) is 0.940. The maximum absolute atomic E-state index is 11.6. The third-order valence-electron chi connectivity index (χ3n) is 3.92. The summed E-state index contributed by atoms with van der Waals surface area (Å²) in [7, 11) is 0. The van der Waals surface area contributed by atoms with Gasteiger partial charge >= 0.3 is 0 Å². The third-order valence-corrected chi connectivity index (χ3v) is 3.92. The van der Waals surface area contributed by atoms with Crippen LogP contribution >= 0.6 is 0 Å². The summed E-state index contributed by atoms with van der Waals surface area (Å²) in [5.74, 6) is 0. The normalized spacial score (nSPS) is 11.0. The average Bonchev–Trinajstić information content (AvgIpc) is 2.92. The lowest BCUT2D eigenvalue weighted by Gasteiger charge is -2.05. The van der Waals surface area contributed by atoms with Gasteiger partial charge in [-0.05, 0) is 16.8 Å². The summed E-state index contributed by atoms with van der Waals surface area (Å²) in [4.78, 5) is 15.0. The van der Waals surface area contributed by atoms with Gasteiger partial charge in [0.15, 0.2) is 6.29 Å². The van der Waals surface area contributed by atoms with E-state index in [0.717, 1.165) is 39.4 Å². The van der Waals surface area contributed by atoms with Crippen molar-refractivity contribution < 1.29 is 4.79 Å². The van der Waals surface area contributed by atoms with Gasteiger partial charge in [0.25, 0.3) is 0 Å². The van der Waals surface area contributed by atoms with E-state index in [2.05, 4.69) is 29.2 Å². The molecule has 0 bridgehead atoms. The SMILES string of the molecule is O=Cc1c(-c2cccc3ccccc23)[nH]c2ccccc12. The summed E-state index contributed by atoms with van der Waals surface area (Å²) in [6.45, 7) is 0. The number of aldehydes is 1. The van der Waals surface area contributed by atoms with Gasteiger partial charge in [-0.3, -0.25) is 4.79 Å². The molecule has 2 nitrogen and oxygen atoms in total. The van der Waals surface area contributed by atoms with Crippen LogP contribution in [-0.2, 0) is 0 Å². The van der Waals surface area contributed by atoms with E-state index in [9.17, 15) is 4.79 Å². The van der Waals surface area contributed by atoms with Crippen molar-refractivity contribution in [1.82, 2.24) is 4.98 Å².